The summed E-state index contributed by atoms with van der Waals surface area (Å²) < 4.78 is 48.1. The Morgan fingerprint density at radius 2 is 1.13 bits per heavy atom. The van der Waals surface area contributed by atoms with Gasteiger partial charge in [-0.3, -0.25) is 4.79 Å². The quantitative estimate of drug-likeness (QED) is 0.196. The van der Waals surface area contributed by atoms with Crippen LogP contribution in [-0.2, 0) is 22.4 Å². The molecule has 300 valence electrons. The van der Waals surface area contributed by atoms with Crippen molar-refractivity contribution in [3.63, 3.8) is 0 Å². The summed E-state index contributed by atoms with van der Waals surface area (Å²) in [7, 11) is 4.37. The van der Waals surface area contributed by atoms with Crippen LogP contribution in [0.3, 0.4) is 0 Å². The summed E-state index contributed by atoms with van der Waals surface area (Å²) in [5.41, 5.74) is 7.51. The minimum atomic E-state index is -4.64. The van der Waals surface area contributed by atoms with E-state index in [1.165, 1.54) is 31.7 Å². The van der Waals surface area contributed by atoms with Gasteiger partial charge in [-0.25, -0.2) is 4.79 Å². The number of nitrogens with one attached hydrogen (secondary N) is 1. The molecule has 3 N–H and O–H groups in total. The van der Waals surface area contributed by atoms with Gasteiger partial charge in [0.15, 0.2) is 0 Å². The van der Waals surface area contributed by atoms with Gasteiger partial charge >= 0.3 is 12.3 Å². The van der Waals surface area contributed by atoms with E-state index in [4.69, 9.17) is 24.7 Å². The molecule has 4 rings (SSSR count). The number of alkyl carbamates (subject to hydrolysis) is 1. The van der Waals surface area contributed by atoms with Crippen LogP contribution in [0.25, 0.3) is 0 Å². The van der Waals surface area contributed by atoms with Gasteiger partial charge in [0.2, 0.25) is 6.29 Å². The number of nitrogens with zero attached hydrogens (tertiary/aromatic N) is 4. The van der Waals surface area contributed by atoms with Crippen molar-refractivity contribution in [1.82, 2.24) is 24.9 Å². The molecule has 2 heterocycles. The first-order chi connectivity index (χ1) is 25.2. The second-order valence-corrected chi connectivity index (χ2v) is 14.4. The summed E-state index contributed by atoms with van der Waals surface area (Å²) in [5.74, 6) is 1.86. The fraction of sp³-hybridized carbons (Fsp3) is 0.641. The van der Waals surface area contributed by atoms with E-state index in [9.17, 15) is 18.0 Å². The zero-order valence-electron chi connectivity index (χ0n) is 32.5. The van der Waals surface area contributed by atoms with Crippen LogP contribution in [-0.4, -0.2) is 150 Å². The molecular weight excluding hydrogens is 689 g/mol. The fourth-order valence-corrected chi connectivity index (χ4v) is 5.39. The maximum absolute atomic E-state index is 11.6. The second kappa shape index (κ2) is 24.8. The number of hydrogen-bond acceptors (Lipinski definition) is 10. The number of likely N-dealkylation sites (N-methyl/N-ethyl adjacent to an activating group) is 2. The molecule has 11 nitrogen and oxygen atoms in total. The van der Waals surface area contributed by atoms with Crippen molar-refractivity contribution >= 4 is 12.4 Å². The Labute approximate surface area is 314 Å². The zero-order chi connectivity index (χ0) is 39.1. The van der Waals surface area contributed by atoms with E-state index in [0.717, 1.165) is 95.2 Å². The van der Waals surface area contributed by atoms with E-state index in [0.29, 0.717) is 13.1 Å². The second-order valence-electron chi connectivity index (χ2n) is 14.4. The summed E-state index contributed by atoms with van der Waals surface area (Å²) in [5, 5.41) is 2.78. The highest BCUT2D eigenvalue weighted by atomic mass is 19.4. The number of ether oxygens (including phenoxy) is 3. The Kier molecular flexibility index (Phi) is 21.4. The van der Waals surface area contributed by atoms with Crippen LogP contribution in [0.1, 0.15) is 44.7 Å². The number of rotatable bonds is 15. The fourth-order valence-electron chi connectivity index (χ4n) is 5.39. The minimum absolute atomic E-state index is 0.372. The predicted molar refractivity (Wildman–Crippen MR) is 204 cm³/mol. The monoisotopic (exact) mass is 752 g/mol. The van der Waals surface area contributed by atoms with Crippen LogP contribution in [0.2, 0.25) is 0 Å². The molecule has 0 aromatic heterocycles. The van der Waals surface area contributed by atoms with Crippen molar-refractivity contribution in [2.45, 2.75) is 58.2 Å². The third kappa shape index (κ3) is 23.1. The number of halogens is 3. The summed E-state index contributed by atoms with van der Waals surface area (Å²) in [6.07, 6.45) is -2.23. The highest BCUT2D eigenvalue weighted by molar-refractivity contribution is 5.67. The molecular formula is C39H63F3N6O5. The van der Waals surface area contributed by atoms with Crippen LogP contribution in [0.4, 0.5) is 18.0 Å². The maximum Gasteiger partial charge on any atom is 0.446 e. The lowest BCUT2D eigenvalue weighted by molar-refractivity contribution is -0.156. The lowest BCUT2D eigenvalue weighted by atomic mass is 10.1. The Morgan fingerprint density at radius 3 is 1.49 bits per heavy atom. The molecule has 53 heavy (non-hydrogen) atoms. The zero-order valence-corrected chi connectivity index (χ0v) is 32.5. The van der Waals surface area contributed by atoms with E-state index in [-0.39, 0.29) is 6.09 Å². The number of carbonyl (C=O) groups excluding carboxylic acids is 2. The molecule has 2 aromatic carbocycles. The predicted octanol–water partition coefficient (Wildman–Crippen LogP) is 4.72. The first-order valence-corrected chi connectivity index (χ1v) is 18.6. The van der Waals surface area contributed by atoms with Crippen LogP contribution in [0, 0.1) is 0 Å². The first kappa shape index (κ1) is 45.7. The minimum Gasteiger partial charge on any atom is -0.494 e. The molecule has 0 aliphatic carbocycles. The number of nitrogens with two attached hydrogens (primary N) is 1. The number of carbonyl (C=O) groups is 2. The van der Waals surface area contributed by atoms with Gasteiger partial charge in [-0.05, 0) is 102 Å². The van der Waals surface area contributed by atoms with Crippen LogP contribution in [0.5, 0.6) is 11.5 Å². The molecule has 0 unspecified atom stereocenters. The van der Waals surface area contributed by atoms with Gasteiger partial charge < -0.3 is 44.9 Å². The SMILES string of the molecule is CN1CCN(CCCOc2ccc(CCN)cc2)CC1.CN1CCN(CCCOc2ccc(CCNC(=O)OC(C)(C)C)cc2)CC1.O=CC(F)(F)F. The molecule has 2 fully saturated rings. The summed E-state index contributed by atoms with van der Waals surface area (Å²) in [6, 6.07) is 16.4. The highest BCUT2D eigenvalue weighted by Gasteiger charge is 2.25. The highest BCUT2D eigenvalue weighted by Crippen LogP contribution is 2.15. The van der Waals surface area contributed by atoms with E-state index in [1.54, 1.807) is 0 Å². The molecule has 2 aliphatic rings. The van der Waals surface area contributed by atoms with E-state index in [1.807, 2.05) is 57.2 Å². The van der Waals surface area contributed by atoms with Crippen LogP contribution in [0.15, 0.2) is 48.5 Å². The first-order valence-electron chi connectivity index (χ1n) is 18.6. The van der Waals surface area contributed by atoms with Gasteiger partial charge in [-0.2, -0.15) is 13.2 Å². The Hall–Kier alpha value is -3.43. The average molecular weight is 753 g/mol. The van der Waals surface area contributed by atoms with Gasteiger partial charge in [-0.1, -0.05) is 24.3 Å². The van der Waals surface area contributed by atoms with Crippen molar-refractivity contribution < 1.29 is 37.0 Å². The lowest BCUT2D eigenvalue weighted by Gasteiger charge is -2.32. The van der Waals surface area contributed by atoms with Gasteiger partial charge in [0.25, 0.3) is 0 Å². The average Bonchev–Trinajstić information content (AvgIpc) is 3.11. The molecule has 2 saturated heterocycles. The number of alkyl halides is 3. The number of piperazine rings is 2. The van der Waals surface area contributed by atoms with E-state index >= 15 is 0 Å². The summed E-state index contributed by atoms with van der Waals surface area (Å²) in [6.45, 7) is 20.0. The largest absolute Gasteiger partial charge is 0.494 e. The Bertz CT molecular complexity index is 1260. The number of amides is 1. The normalized spacial score (nSPS) is 16.0. The van der Waals surface area contributed by atoms with Gasteiger partial charge in [0.05, 0.1) is 13.2 Å². The number of hydrogen-bond donors (Lipinski definition) is 2. The molecule has 0 bridgehead atoms. The van der Waals surface area contributed by atoms with Crippen molar-refractivity contribution in [3.8, 4) is 11.5 Å². The molecule has 2 aliphatic heterocycles. The van der Waals surface area contributed by atoms with Crippen molar-refractivity contribution in [2.24, 2.45) is 5.73 Å². The van der Waals surface area contributed by atoms with Gasteiger partial charge in [0.1, 0.15) is 17.1 Å². The maximum atomic E-state index is 11.6. The molecule has 1 amide bonds. The molecule has 0 atom stereocenters. The molecule has 14 heteroatoms. The van der Waals surface area contributed by atoms with Crippen molar-refractivity contribution in [1.29, 1.82) is 0 Å². The van der Waals surface area contributed by atoms with Crippen LogP contribution < -0.4 is 20.5 Å². The smallest absolute Gasteiger partial charge is 0.446 e. The summed E-state index contributed by atoms with van der Waals surface area (Å²) >= 11 is 0. The molecule has 0 spiro atoms. The third-order valence-electron chi connectivity index (χ3n) is 8.46. The van der Waals surface area contributed by atoms with E-state index < -0.39 is 18.1 Å². The Morgan fingerprint density at radius 1 is 0.736 bits per heavy atom. The van der Waals surface area contributed by atoms with Crippen molar-refractivity contribution in [3.05, 3.63) is 59.7 Å². The summed E-state index contributed by atoms with van der Waals surface area (Å²) in [4.78, 5) is 30.1. The molecule has 2 aromatic rings. The van der Waals surface area contributed by atoms with Gasteiger partial charge in [0, 0.05) is 72.0 Å². The standard InChI is InChI=1S/C21H35N3O3.C16H27N3O.C2HF3O/c1-21(2,3)27-20(25)22-11-10-18-6-8-19(9-7-18)26-17-5-12-24-15-13-23(4)14-16-24;1-18-10-12-19(13-11-18)9-2-14-20-16-5-3-15(4-6-16)7-8-17;3-2(4,5)1-6/h6-9H,5,10-17H2,1-4H3,(H,22,25);3-6H,2,7-14,17H2,1H3;1H. The van der Waals surface area contributed by atoms with Crippen molar-refractivity contribution in [2.75, 3.05) is 106 Å². The topological polar surface area (TPSA) is 113 Å². The number of aldehydes is 1. The van der Waals surface area contributed by atoms with Crippen LogP contribution >= 0.6 is 0 Å². The lowest BCUT2D eigenvalue weighted by Crippen LogP contribution is -2.44. The molecule has 0 radical (unpaired) electrons. The van der Waals surface area contributed by atoms with E-state index in [2.05, 4.69) is 51.1 Å². The number of benzene rings is 2. The Balaban J connectivity index is 0.000000328. The third-order valence-corrected chi connectivity index (χ3v) is 8.46. The van der Waals surface area contributed by atoms with Gasteiger partial charge in [-0.15, -0.1) is 0 Å². The molecule has 0 saturated carbocycles.